The number of thioether (sulfide) groups is 1. The fourth-order valence-electron chi connectivity index (χ4n) is 4.19. The molecule has 7 heteroatoms. The molecule has 6 nitrogen and oxygen atoms in total. The SMILES string of the molecule is CC(C)(C)c1ccc(C(=O)N2CSCC2C(=O)N2CCC3(CC2)OCCO3)cc1. The minimum atomic E-state index is -0.495. The zero-order valence-electron chi connectivity index (χ0n) is 17.5. The van der Waals surface area contributed by atoms with Crippen LogP contribution in [0.1, 0.15) is 49.5 Å². The molecular formula is C22H30N2O4S. The van der Waals surface area contributed by atoms with E-state index in [-0.39, 0.29) is 17.2 Å². The van der Waals surface area contributed by atoms with Gasteiger partial charge in [0.2, 0.25) is 5.91 Å². The summed E-state index contributed by atoms with van der Waals surface area (Å²) in [6, 6.07) is 7.40. The summed E-state index contributed by atoms with van der Waals surface area (Å²) in [5, 5.41) is 0. The van der Waals surface area contributed by atoms with Crippen LogP contribution < -0.4 is 0 Å². The molecule has 3 aliphatic rings. The van der Waals surface area contributed by atoms with Gasteiger partial charge in [-0.3, -0.25) is 9.59 Å². The van der Waals surface area contributed by atoms with Gasteiger partial charge < -0.3 is 19.3 Å². The Morgan fingerprint density at radius 2 is 1.69 bits per heavy atom. The van der Waals surface area contributed by atoms with Crippen molar-refractivity contribution >= 4 is 23.6 Å². The molecule has 1 unspecified atom stereocenters. The Hall–Kier alpha value is -1.57. The summed E-state index contributed by atoms with van der Waals surface area (Å²) in [6.07, 6.45) is 1.39. The number of carbonyl (C=O) groups excluding carboxylic acids is 2. The normalized spacial score (nSPS) is 24.3. The fourth-order valence-corrected chi connectivity index (χ4v) is 5.34. The molecule has 0 aliphatic carbocycles. The Labute approximate surface area is 176 Å². The van der Waals surface area contributed by atoms with Gasteiger partial charge in [0.15, 0.2) is 5.79 Å². The first-order chi connectivity index (χ1) is 13.8. The number of benzene rings is 1. The average Bonchev–Trinajstić information content (AvgIpc) is 3.37. The third-order valence-electron chi connectivity index (χ3n) is 6.08. The summed E-state index contributed by atoms with van der Waals surface area (Å²) < 4.78 is 11.5. The van der Waals surface area contributed by atoms with E-state index in [0.29, 0.717) is 56.3 Å². The van der Waals surface area contributed by atoms with Gasteiger partial charge in [-0.15, -0.1) is 11.8 Å². The number of piperidine rings is 1. The highest BCUT2D eigenvalue weighted by molar-refractivity contribution is 7.99. The van der Waals surface area contributed by atoms with Crippen molar-refractivity contribution in [2.45, 2.75) is 50.9 Å². The first kappa shape index (κ1) is 20.7. The number of carbonyl (C=O) groups is 2. The lowest BCUT2D eigenvalue weighted by atomic mass is 9.86. The van der Waals surface area contributed by atoms with Crippen LogP contribution in [-0.4, -0.2) is 71.4 Å². The van der Waals surface area contributed by atoms with Gasteiger partial charge in [0, 0.05) is 37.2 Å². The summed E-state index contributed by atoms with van der Waals surface area (Å²) in [6.45, 7) is 8.94. The van der Waals surface area contributed by atoms with Crippen LogP contribution in [0.25, 0.3) is 0 Å². The Kier molecular flexibility index (Phi) is 5.66. The second-order valence-corrected chi connectivity index (χ2v) is 10.1. The first-order valence-electron chi connectivity index (χ1n) is 10.4. The second kappa shape index (κ2) is 7.93. The Morgan fingerprint density at radius 3 is 2.28 bits per heavy atom. The molecule has 3 heterocycles. The molecule has 0 aromatic heterocycles. The van der Waals surface area contributed by atoms with Gasteiger partial charge in [0.1, 0.15) is 6.04 Å². The van der Waals surface area contributed by atoms with Crippen molar-refractivity contribution in [2.75, 3.05) is 37.9 Å². The molecule has 3 fully saturated rings. The van der Waals surface area contributed by atoms with Crippen LogP contribution >= 0.6 is 11.8 Å². The molecule has 0 saturated carbocycles. The highest BCUT2D eigenvalue weighted by Gasteiger charge is 2.44. The number of amides is 2. The van der Waals surface area contributed by atoms with Crippen LogP contribution in [0.15, 0.2) is 24.3 Å². The monoisotopic (exact) mass is 418 g/mol. The van der Waals surface area contributed by atoms with Crippen molar-refractivity contribution in [3.8, 4) is 0 Å². The van der Waals surface area contributed by atoms with E-state index >= 15 is 0 Å². The van der Waals surface area contributed by atoms with E-state index in [1.807, 2.05) is 29.2 Å². The molecule has 0 radical (unpaired) electrons. The largest absolute Gasteiger partial charge is 0.347 e. The molecule has 0 bridgehead atoms. The highest BCUT2D eigenvalue weighted by atomic mass is 32.2. The Bertz CT molecular complexity index is 758. The molecule has 158 valence electrons. The molecule has 29 heavy (non-hydrogen) atoms. The lowest BCUT2D eigenvalue weighted by Gasteiger charge is -2.39. The minimum Gasteiger partial charge on any atom is -0.347 e. The third kappa shape index (κ3) is 4.18. The maximum Gasteiger partial charge on any atom is 0.255 e. The molecule has 1 atom stereocenters. The number of likely N-dealkylation sites (tertiary alicyclic amines) is 1. The van der Waals surface area contributed by atoms with E-state index in [9.17, 15) is 9.59 Å². The van der Waals surface area contributed by atoms with E-state index in [0.717, 1.165) is 0 Å². The zero-order chi connectivity index (χ0) is 20.6. The predicted molar refractivity (Wildman–Crippen MR) is 113 cm³/mol. The summed E-state index contributed by atoms with van der Waals surface area (Å²) in [7, 11) is 0. The van der Waals surface area contributed by atoms with Crippen molar-refractivity contribution in [3.05, 3.63) is 35.4 Å². The Morgan fingerprint density at radius 1 is 1.07 bits per heavy atom. The van der Waals surface area contributed by atoms with Gasteiger partial charge in [-0.1, -0.05) is 32.9 Å². The molecule has 2 amide bonds. The number of rotatable bonds is 2. The van der Waals surface area contributed by atoms with Crippen molar-refractivity contribution in [2.24, 2.45) is 0 Å². The summed E-state index contributed by atoms with van der Waals surface area (Å²) in [4.78, 5) is 29.9. The molecule has 3 saturated heterocycles. The van der Waals surface area contributed by atoms with Crippen molar-refractivity contribution in [3.63, 3.8) is 0 Å². The van der Waals surface area contributed by atoms with E-state index < -0.39 is 11.8 Å². The predicted octanol–water partition coefficient (Wildman–Crippen LogP) is 2.86. The maximum absolute atomic E-state index is 13.2. The standard InChI is InChI=1S/C22H30N2O4S/c1-21(2,3)17-6-4-16(5-7-17)19(25)24-15-29-14-18(24)20(26)23-10-8-22(9-11-23)27-12-13-28-22/h4-7,18H,8-15H2,1-3H3. The zero-order valence-corrected chi connectivity index (χ0v) is 18.3. The molecule has 4 rings (SSSR count). The molecule has 3 aliphatic heterocycles. The van der Waals surface area contributed by atoms with Crippen LogP contribution in [0, 0.1) is 0 Å². The van der Waals surface area contributed by atoms with E-state index in [2.05, 4.69) is 20.8 Å². The van der Waals surface area contributed by atoms with E-state index in [4.69, 9.17) is 9.47 Å². The Balaban J connectivity index is 1.42. The molecule has 1 aromatic carbocycles. The smallest absolute Gasteiger partial charge is 0.255 e. The van der Waals surface area contributed by atoms with Crippen molar-refractivity contribution in [1.29, 1.82) is 0 Å². The van der Waals surface area contributed by atoms with Crippen LogP contribution in [0.5, 0.6) is 0 Å². The number of nitrogens with zero attached hydrogens (tertiary/aromatic N) is 2. The quantitative estimate of drug-likeness (QED) is 0.739. The van der Waals surface area contributed by atoms with Crippen molar-refractivity contribution in [1.82, 2.24) is 9.80 Å². The van der Waals surface area contributed by atoms with E-state index in [1.165, 1.54) is 5.56 Å². The van der Waals surface area contributed by atoms with Crippen LogP contribution in [-0.2, 0) is 19.7 Å². The van der Waals surface area contributed by atoms with Gasteiger partial charge >= 0.3 is 0 Å². The summed E-state index contributed by atoms with van der Waals surface area (Å²) in [5.74, 6) is 0.692. The average molecular weight is 419 g/mol. The van der Waals surface area contributed by atoms with Crippen LogP contribution in [0.2, 0.25) is 0 Å². The minimum absolute atomic E-state index is 0.0436. The van der Waals surface area contributed by atoms with Gasteiger partial charge in [0.05, 0.1) is 19.1 Å². The van der Waals surface area contributed by atoms with Crippen LogP contribution in [0.3, 0.4) is 0 Å². The van der Waals surface area contributed by atoms with Crippen LogP contribution in [0.4, 0.5) is 0 Å². The van der Waals surface area contributed by atoms with Gasteiger partial charge in [0.25, 0.3) is 5.91 Å². The summed E-state index contributed by atoms with van der Waals surface area (Å²) >= 11 is 1.64. The second-order valence-electron chi connectivity index (χ2n) is 9.05. The van der Waals surface area contributed by atoms with Gasteiger partial charge in [-0.25, -0.2) is 0 Å². The molecular weight excluding hydrogens is 388 g/mol. The number of hydrogen-bond acceptors (Lipinski definition) is 5. The molecule has 1 aromatic rings. The van der Waals surface area contributed by atoms with Gasteiger partial charge in [-0.05, 0) is 23.1 Å². The number of hydrogen-bond donors (Lipinski definition) is 0. The van der Waals surface area contributed by atoms with E-state index in [1.54, 1.807) is 16.7 Å². The lowest BCUT2D eigenvalue weighted by molar-refractivity contribution is -0.188. The fraction of sp³-hybridized carbons (Fsp3) is 0.636. The molecule has 0 N–H and O–H groups in total. The summed E-state index contributed by atoms with van der Waals surface area (Å²) in [5.41, 5.74) is 1.88. The molecule has 1 spiro atoms. The first-order valence-corrected chi connectivity index (χ1v) is 11.5. The van der Waals surface area contributed by atoms with Crippen molar-refractivity contribution < 1.29 is 19.1 Å². The highest BCUT2D eigenvalue weighted by Crippen LogP contribution is 2.33. The number of ether oxygens (including phenoxy) is 2. The lowest BCUT2D eigenvalue weighted by Crippen LogP contribution is -2.54. The maximum atomic E-state index is 13.2. The third-order valence-corrected chi connectivity index (χ3v) is 7.09. The topological polar surface area (TPSA) is 59.1 Å². The van der Waals surface area contributed by atoms with Gasteiger partial charge in [-0.2, -0.15) is 0 Å².